The van der Waals surface area contributed by atoms with E-state index in [0.29, 0.717) is 0 Å². The van der Waals surface area contributed by atoms with E-state index in [1.54, 1.807) is 0 Å². The number of para-hydroxylation sites is 2. The molecule has 0 saturated heterocycles. The molecule has 0 unspecified atom stereocenters. The monoisotopic (exact) mass is 346 g/mol. The third-order valence-electron chi connectivity index (χ3n) is 5.23. The first-order valence-electron chi connectivity index (χ1n) is 9.34. The molecule has 4 rings (SSSR count). The number of aryl methyl sites for hydroxylation is 4. The lowest BCUT2D eigenvalue weighted by Crippen LogP contribution is -2.00. The van der Waals surface area contributed by atoms with E-state index in [0.717, 1.165) is 48.4 Å². The number of aromatic nitrogens is 3. The number of hydrogen-bond donors (Lipinski definition) is 2. The number of hydrogen-bond acceptors (Lipinski definition) is 2. The maximum atomic E-state index is 5.73. The van der Waals surface area contributed by atoms with Crippen molar-refractivity contribution in [3.8, 4) is 11.5 Å². The van der Waals surface area contributed by atoms with Gasteiger partial charge in [0, 0.05) is 18.0 Å². The minimum Gasteiger partial charge on any atom is -0.352 e. The van der Waals surface area contributed by atoms with E-state index in [1.807, 2.05) is 6.07 Å². The minimum absolute atomic E-state index is 0.738. The van der Waals surface area contributed by atoms with Gasteiger partial charge in [-0.3, -0.25) is 0 Å². The van der Waals surface area contributed by atoms with E-state index in [-0.39, 0.29) is 0 Å². The number of unbranched alkanes of at least 4 members (excludes halogenated alkanes) is 1. The maximum absolute atomic E-state index is 5.73. The summed E-state index contributed by atoms with van der Waals surface area (Å²) >= 11 is 0. The Labute approximate surface area is 154 Å². The Bertz CT molecular complexity index is 1080. The van der Waals surface area contributed by atoms with Crippen molar-refractivity contribution in [1.29, 1.82) is 0 Å². The van der Waals surface area contributed by atoms with Gasteiger partial charge in [-0.05, 0) is 74.5 Å². The lowest BCUT2D eigenvalue weighted by Gasteiger charge is -2.07. The van der Waals surface area contributed by atoms with Crippen molar-refractivity contribution in [3.05, 3.63) is 53.1 Å². The zero-order chi connectivity index (χ0) is 18.3. The number of benzene rings is 2. The molecule has 0 amide bonds. The Morgan fingerprint density at radius 1 is 1.12 bits per heavy atom. The number of rotatable bonds is 5. The standard InChI is InChI=1S/C22H26N4/c1-14-12-15(2)20-16(8-6-7-11-23)21(24-18(20)13-14)22-25-17-9-4-5-10-19(17)26(22)3/h4-5,9-10,12-13,24H,6-8,11,23H2,1-3H3. The van der Waals surface area contributed by atoms with Crippen molar-refractivity contribution in [3.63, 3.8) is 0 Å². The molecule has 0 atom stereocenters. The van der Waals surface area contributed by atoms with E-state index in [2.05, 4.69) is 60.8 Å². The van der Waals surface area contributed by atoms with E-state index < -0.39 is 0 Å². The molecule has 2 aromatic heterocycles. The molecule has 0 aliphatic carbocycles. The van der Waals surface area contributed by atoms with Crippen molar-refractivity contribution >= 4 is 21.9 Å². The van der Waals surface area contributed by atoms with Crippen LogP contribution in [-0.4, -0.2) is 21.1 Å². The molecule has 4 heteroatoms. The fourth-order valence-electron chi connectivity index (χ4n) is 4.06. The average Bonchev–Trinajstić information content (AvgIpc) is 3.14. The molecule has 0 aliphatic heterocycles. The van der Waals surface area contributed by atoms with Crippen molar-refractivity contribution in [1.82, 2.24) is 14.5 Å². The Kier molecular flexibility index (Phi) is 4.29. The number of aromatic amines is 1. The maximum Gasteiger partial charge on any atom is 0.157 e. The largest absolute Gasteiger partial charge is 0.352 e. The number of nitrogens with two attached hydrogens (primary N) is 1. The summed E-state index contributed by atoms with van der Waals surface area (Å²) in [6.07, 6.45) is 3.15. The quantitative estimate of drug-likeness (QED) is 0.518. The second-order valence-corrected chi connectivity index (χ2v) is 7.21. The summed E-state index contributed by atoms with van der Waals surface area (Å²) < 4.78 is 2.19. The van der Waals surface area contributed by atoms with Crippen LogP contribution in [-0.2, 0) is 13.5 Å². The van der Waals surface area contributed by atoms with Crippen LogP contribution in [0.3, 0.4) is 0 Å². The van der Waals surface area contributed by atoms with Crippen molar-refractivity contribution in [2.45, 2.75) is 33.1 Å². The molecule has 0 bridgehead atoms. The van der Waals surface area contributed by atoms with Crippen LogP contribution in [0.4, 0.5) is 0 Å². The molecule has 4 nitrogen and oxygen atoms in total. The molecule has 0 radical (unpaired) electrons. The van der Waals surface area contributed by atoms with Crippen LogP contribution >= 0.6 is 0 Å². The van der Waals surface area contributed by atoms with Crippen molar-refractivity contribution in [2.24, 2.45) is 12.8 Å². The highest BCUT2D eigenvalue weighted by Gasteiger charge is 2.19. The molecular formula is C22H26N4. The summed E-state index contributed by atoms with van der Waals surface area (Å²) in [5, 5.41) is 1.34. The second kappa shape index (κ2) is 6.61. The SMILES string of the molecule is Cc1cc(C)c2c(CCCCN)c(-c3nc4ccccc4n3C)[nH]c2c1. The zero-order valence-corrected chi connectivity index (χ0v) is 15.8. The predicted molar refractivity (Wildman–Crippen MR) is 109 cm³/mol. The Morgan fingerprint density at radius 3 is 2.69 bits per heavy atom. The van der Waals surface area contributed by atoms with Gasteiger partial charge in [-0.25, -0.2) is 4.98 Å². The van der Waals surface area contributed by atoms with Gasteiger partial charge in [-0.1, -0.05) is 18.2 Å². The smallest absolute Gasteiger partial charge is 0.157 e. The minimum atomic E-state index is 0.738. The third-order valence-corrected chi connectivity index (χ3v) is 5.23. The van der Waals surface area contributed by atoms with Gasteiger partial charge in [0.15, 0.2) is 5.82 Å². The summed E-state index contributed by atoms with van der Waals surface area (Å²) in [5.41, 5.74) is 14.2. The first-order valence-corrected chi connectivity index (χ1v) is 9.34. The van der Waals surface area contributed by atoms with Crippen molar-refractivity contribution < 1.29 is 0 Å². The molecule has 3 N–H and O–H groups in total. The molecule has 134 valence electrons. The van der Waals surface area contributed by atoms with Crippen LogP contribution in [0, 0.1) is 13.8 Å². The number of H-pyrrole nitrogens is 1. The van der Waals surface area contributed by atoms with Crippen LogP contribution in [0.1, 0.15) is 29.5 Å². The highest BCUT2D eigenvalue weighted by Crippen LogP contribution is 2.34. The molecule has 4 aromatic rings. The fourth-order valence-corrected chi connectivity index (χ4v) is 4.06. The lowest BCUT2D eigenvalue weighted by molar-refractivity contribution is 0.747. The molecule has 0 fully saturated rings. The van der Waals surface area contributed by atoms with Crippen LogP contribution in [0.5, 0.6) is 0 Å². The Morgan fingerprint density at radius 2 is 1.92 bits per heavy atom. The highest BCUT2D eigenvalue weighted by atomic mass is 15.1. The normalized spacial score (nSPS) is 11.7. The summed E-state index contributed by atoms with van der Waals surface area (Å²) in [6.45, 7) is 5.09. The zero-order valence-electron chi connectivity index (χ0n) is 15.8. The fraction of sp³-hybridized carbons (Fsp3) is 0.318. The van der Waals surface area contributed by atoms with Gasteiger partial charge in [0.05, 0.1) is 16.7 Å². The van der Waals surface area contributed by atoms with Crippen molar-refractivity contribution in [2.75, 3.05) is 6.54 Å². The number of imidazole rings is 1. The van der Waals surface area contributed by atoms with Gasteiger partial charge in [0.25, 0.3) is 0 Å². The van der Waals surface area contributed by atoms with Crippen LogP contribution in [0.15, 0.2) is 36.4 Å². The van der Waals surface area contributed by atoms with E-state index in [4.69, 9.17) is 10.7 Å². The number of fused-ring (bicyclic) bond motifs is 2. The summed E-state index contributed by atoms with van der Waals surface area (Å²) in [7, 11) is 2.10. The average molecular weight is 346 g/mol. The van der Waals surface area contributed by atoms with Gasteiger partial charge in [-0.15, -0.1) is 0 Å². The molecule has 2 heterocycles. The molecule has 2 aromatic carbocycles. The number of nitrogens with one attached hydrogen (secondary N) is 1. The van der Waals surface area contributed by atoms with Gasteiger partial charge >= 0.3 is 0 Å². The molecule has 26 heavy (non-hydrogen) atoms. The summed E-state index contributed by atoms with van der Waals surface area (Å²) in [6, 6.07) is 12.8. The first-order chi connectivity index (χ1) is 12.6. The first kappa shape index (κ1) is 16.9. The summed E-state index contributed by atoms with van der Waals surface area (Å²) in [5.74, 6) is 1.00. The van der Waals surface area contributed by atoms with Gasteiger partial charge in [-0.2, -0.15) is 0 Å². The van der Waals surface area contributed by atoms with Gasteiger partial charge in [0.2, 0.25) is 0 Å². The van der Waals surface area contributed by atoms with E-state index in [9.17, 15) is 0 Å². The summed E-state index contributed by atoms with van der Waals surface area (Å²) in [4.78, 5) is 8.60. The van der Waals surface area contributed by atoms with E-state index in [1.165, 1.54) is 27.6 Å². The van der Waals surface area contributed by atoms with Gasteiger partial charge in [0.1, 0.15) is 0 Å². The van der Waals surface area contributed by atoms with Gasteiger partial charge < -0.3 is 15.3 Å². The molecule has 0 aliphatic rings. The predicted octanol–water partition coefficient (Wildman–Crippen LogP) is 4.62. The second-order valence-electron chi connectivity index (χ2n) is 7.21. The Hall–Kier alpha value is -2.59. The van der Waals surface area contributed by atoms with Crippen LogP contribution in [0.2, 0.25) is 0 Å². The van der Waals surface area contributed by atoms with Crippen LogP contribution < -0.4 is 5.73 Å². The van der Waals surface area contributed by atoms with E-state index >= 15 is 0 Å². The lowest BCUT2D eigenvalue weighted by atomic mass is 9.99. The Balaban J connectivity index is 1.96. The topological polar surface area (TPSA) is 59.6 Å². The third kappa shape index (κ3) is 2.71. The molecule has 0 spiro atoms. The molecular weight excluding hydrogens is 320 g/mol. The number of nitrogens with zero attached hydrogens (tertiary/aromatic N) is 2. The molecule has 0 saturated carbocycles. The van der Waals surface area contributed by atoms with Crippen LogP contribution in [0.25, 0.3) is 33.5 Å². The highest BCUT2D eigenvalue weighted by molar-refractivity contribution is 5.94.